The maximum atomic E-state index is 5.78. The van der Waals surface area contributed by atoms with Crippen LogP contribution in [0.4, 0.5) is 0 Å². The van der Waals surface area contributed by atoms with E-state index >= 15 is 0 Å². The van der Waals surface area contributed by atoms with Crippen LogP contribution in [0.2, 0.25) is 0 Å². The van der Waals surface area contributed by atoms with Crippen LogP contribution in [0.25, 0.3) is 0 Å². The predicted octanol–water partition coefficient (Wildman–Crippen LogP) is 4.31. The van der Waals surface area contributed by atoms with Gasteiger partial charge in [-0.2, -0.15) is 0 Å². The van der Waals surface area contributed by atoms with Gasteiger partial charge in [0.05, 0.1) is 6.61 Å². The topological polar surface area (TPSA) is 21.3 Å². The summed E-state index contributed by atoms with van der Waals surface area (Å²) < 4.78 is 6.88. The highest BCUT2D eigenvalue weighted by atomic mass is 79.9. The molecule has 1 N–H and O–H groups in total. The van der Waals surface area contributed by atoms with Gasteiger partial charge in [-0.3, -0.25) is 0 Å². The Morgan fingerprint density at radius 3 is 2.72 bits per heavy atom. The molecule has 0 aromatic heterocycles. The van der Waals surface area contributed by atoms with Gasteiger partial charge in [0.2, 0.25) is 0 Å². The molecular weight excluding hydrogens is 290 g/mol. The van der Waals surface area contributed by atoms with Crippen molar-refractivity contribution in [2.75, 3.05) is 19.7 Å². The zero-order valence-corrected chi connectivity index (χ0v) is 13.1. The minimum atomic E-state index is 0.816. The Kier molecular flexibility index (Phi) is 8.10. The SMILES string of the molecule is CCCNCCCCCOc1ccc(Br)cc1C. The van der Waals surface area contributed by atoms with Gasteiger partial charge in [-0.25, -0.2) is 0 Å². The molecule has 1 rings (SSSR count). The molecule has 1 aromatic carbocycles. The largest absolute Gasteiger partial charge is 0.493 e. The standard InChI is InChI=1S/C15H24BrNO/c1-3-9-17-10-5-4-6-11-18-15-8-7-14(16)12-13(15)2/h7-8,12,17H,3-6,9-11H2,1-2H3. The highest BCUT2D eigenvalue weighted by Crippen LogP contribution is 2.22. The number of unbranched alkanes of at least 4 members (excludes halogenated alkanes) is 2. The minimum Gasteiger partial charge on any atom is -0.493 e. The summed E-state index contributed by atoms with van der Waals surface area (Å²) in [6.07, 6.45) is 4.81. The van der Waals surface area contributed by atoms with Gasteiger partial charge in [-0.05, 0) is 69.5 Å². The van der Waals surface area contributed by atoms with Crippen molar-refractivity contribution in [2.45, 2.75) is 39.5 Å². The van der Waals surface area contributed by atoms with Crippen LogP contribution in [0.3, 0.4) is 0 Å². The van der Waals surface area contributed by atoms with Crippen LogP contribution in [0.15, 0.2) is 22.7 Å². The zero-order valence-electron chi connectivity index (χ0n) is 11.5. The van der Waals surface area contributed by atoms with Crippen molar-refractivity contribution < 1.29 is 4.74 Å². The first-order chi connectivity index (χ1) is 8.74. The first-order valence-electron chi connectivity index (χ1n) is 6.83. The number of rotatable bonds is 9. The van der Waals surface area contributed by atoms with Crippen molar-refractivity contribution in [3.8, 4) is 5.75 Å². The molecule has 1 aromatic rings. The lowest BCUT2D eigenvalue weighted by molar-refractivity contribution is 0.303. The quantitative estimate of drug-likeness (QED) is 0.686. The Balaban J connectivity index is 2.07. The average Bonchev–Trinajstić information content (AvgIpc) is 2.35. The van der Waals surface area contributed by atoms with Gasteiger partial charge in [0.1, 0.15) is 5.75 Å². The van der Waals surface area contributed by atoms with E-state index in [4.69, 9.17) is 4.74 Å². The van der Waals surface area contributed by atoms with E-state index in [9.17, 15) is 0 Å². The predicted molar refractivity (Wildman–Crippen MR) is 81.4 cm³/mol. The zero-order chi connectivity index (χ0) is 13.2. The van der Waals surface area contributed by atoms with Gasteiger partial charge >= 0.3 is 0 Å². The molecule has 0 atom stereocenters. The van der Waals surface area contributed by atoms with Crippen molar-refractivity contribution in [3.05, 3.63) is 28.2 Å². The Labute approximate surface area is 119 Å². The molecule has 0 heterocycles. The fourth-order valence-corrected chi connectivity index (χ4v) is 2.26. The summed E-state index contributed by atoms with van der Waals surface area (Å²) in [4.78, 5) is 0. The lowest BCUT2D eigenvalue weighted by Gasteiger charge is -2.09. The van der Waals surface area contributed by atoms with E-state index in [0.29, 0.717) is 0 Å². The number of aryl methyl sites for hydroxylation is 1. The lowest BCUT2D eigenvalue weighted by atomic mass is 10.2. The van der Waals surface area contributed by atoms with Crippen LogP contribution in [0, 0.1) is 6.92 Å². The molecule has 0 fully saturated rings. The summed E-state index contributed by atoms with van der Waals surface area (Å²) in [5.41, 5.74) is 1.19. The summed E-state index contributed by atoms with van der Waals surface area (Å²) >= 11 is 3.46. The molecule has 3 heteroatoms. The van der Waals surface area contributed by atoms with Gasteiger partial charge in [-0.1, -0.05) is 22.9 Å². The molecular formula is C15H24BrNO. The Hall–Kier alpha value is -0.540. The summed E-state index contributed by atoms with van der Waals surface area (Å²) in [7, 11) is 0. The van der Waals surface area contributed by atoms with Gasteiger partial charge in [0, 0.05) is 4.47 Å². The summed E-state index contributed by atoms with van der Waals surface area (Å²) in [6.45, 7) is 7.35. The van der Waals surface area contributed by atoms with Crippen molar-refractivity contribution in [1.82, 2.24) is 5.32 Å². The van der Waals surface area contributed by atoms with Crippen molar-refractivity contribution in [1.29, 1.82) is 0 Å². The lowest BCUT2D eigenvalue weighted by Crippen LogP contribution is -2.15. The third kappa shape index (κ3) is 6.41. The molecule has 0 spiro atoms. The average molecular weight is 314 g/mol. The third-order valence-corrected chi connectivity index (χ3v) is 3.31. The molecule has 0 aliphatic carbocycles. The number of benzene rings is 1. The van der Waals surface area contributed by atoms with Crippen LogP contribution >= 0.6 is 15.9 Å². The van der Waals surface area contributed by atoms with E-state index in [-0.39, 0.29) is 0 Å². The van der Waals surface area contributed by atoms with Crippen molar-refractivity contribution >= 4 is 15.9 Å². The van der Waals surface area contributed by atoms with Gasteiger partial charge < -0.3 is 10.1 Å². The fraction of sp³-hybridized carbons (Fsp3) is 0.600. The number of hydrogen-bond acceptors (Lipinski definition) is 2. The Morgan fingerprint density at radius 1 is 1.17 bits per heavy atom. The molecule has 0 bridgehead atoms. The summed E-state index contributed by atoms with van der Waals surface area (Å²) in [5.74, 6) is 1.00. The van der Waals surface area contributed by atoms with E-state index < -0.39 is 0 Å². The molecule has 0 saturated carbocycles. The minimum absolute atomic E-state index is 0.816. The molecule has 2 nitrogen and oxygen atoms in total. The molecule has 18 heavy (non-hydrogen) atoms. The third-order valence-electron chi connectivity index (χ3n) is 2.82. The van der Waals surface area contributed by atoms with Gasteiger partial charge in [-0.15, -0.1) is 0 Å². The van der Waals surface area contributed by atoms with Gasteiger partial charge in [0.15, 0.2) is 0 Å². The number of nitrogens with one attached hydrogen (secondary N) is 1. The molecule has 0 unspecified atom stereocenters. The van der Waals surface area contributed by atoms with Crippen molar-refractivity contribution in [3.63, 3.8) is 0 Å². The molecule has 0 aliphatic rings. The summed E-state index contributed by atoms with van der Waals surface area (Å²) in [6, 6.07) is 6.14. The fourth-order valence-electron chi connectivity index (χ4n) is 1.79. The first-order valence-corrected chi connectivity index (χ1v) is 7.63. The van der Waals surface area contributed by atoms with Crippen LogP contribution < -0.4 is 10.1 Å². The van der Waals surface area contributed by atoms with Crippen LogP contribution in [-0.2, 0) is 0 Å². The number of hydrogen-bond donors (Lipinski definition) is 1. The van der Waals surface area contributed by atoms with Crippen LogP contribution in [0.5, 0.6) is 5.75 Å². The smallest absolute Gasteiger partial charge is 0.122 e. The first kappa shape index (κ1) is 15.5. The molecule has 0 saturated heterocycles. The molecule has 102 valence electrons. The molecule has 0 aliphatic heterocycles. The maximum absolute atomic E-state index is 5.78. The highest BCUT2D eigenvalue weighted by molar-refractivity contribution is 9.10. The van der Waals surface area contributed by atoms with Crippen LogP contribution in [0.1, 0.15) is 38.2 Å². The van der Waals surface area contributed by atoms with E-state index in [0.717, 1.165) is 36.3 Å². The van der Waals surface area contributed by atoms with E-state index in [2.05, 4.69) is 41.2 Å². The van der Waals surface area contributed by atoms with E-state index in [1.165, 1.54) is 24.8 Å². The monoisotopic (exact) mass is 313 g/mol. The maximum Gasteiger partial charge on any atom is 0.122 e. The molecule has 0 amide bonds. The summed E-state index contributed by atoms with van der Waals surface area (Å²) in [5, 5.41) is 3.41. The second-order valence-electron chi connectivity index (χ2n) is 4.57. The van der Waals surface area contributed by atoms with Crippen LogP contribution in [-0.4, -0.2) is 19.7 Å². The van der Waals surface area contributed by atoms with Crippen molar-refractivity contribution in [2.24, 2.45) is 0 Å². The second-order valence-corrected chi connectivity index (χ2v) is 5.48. The highest BCUT2D eigenvalue weighted by Gasteiger charge is 1.99. The van der Waals surface area contributed by atoms with Gasteiger partial charge in [0.25, 0.3) is 0 Å². The number of ether oxygens (including phenoxy) is 1. The normalized spacial score (nSPS) is 10.6. The molecule has 0 radical (unpaired) electrons. The Morgan fingerprint density at radius 2 is 2.00 bits per heavy atom. The van der Waals surface area contributed by atoms with E-state index in [1.54, 1.807) is 0 Å². The second kappa shape index (κ2) is 9.40. The Bertz CT molecular complexity index is 341. The number of halogens is 1. The van der Waals surface area contributed by atoms with E-state index in [1.807, 2.05) is 12.1 Å².